The number of benzene rings is 2. The maximum absolute atomic E-state index is 13.4. The highest BCUT2D eigenvalue weighted by Gasteiger charge is 2.04. The summed E-state index contributed by atoms with van der Waals surface area (Å²) < 4.78 is 18.5. The van der Waals surface area contributed by atoms with Gasteiger partial charge in [0, 0.05) is 6.54 Å². The monoisotopic (exact) mass is 302 g/mol. The van der Waals surface area contributed by atoms with E-state index in [1.807, 2.05) is 24.3 Å². The van der Waals surface area contributed by atoms with E-state index in [1.54, 1.807) is 25.3 Å². The minimum Gasteiger partial charge on any atom is -0.497 e. The maximum atomic E-state index is 13.4. The number of halogens is 1. The second kappa shape index (κ2) is 8.02. The quantitative estimate of drug-likeness (QED) is 0.826. The van der Waals surface area contributed by atoms with Crippen LogP contribution in [0, 0.1) is 5.82 Å². The summed E-state index contributed by atoms with van der Waals surface area (Å²) in [6.45, 7) is 0.577. The van der Waals surface area contributed by atoms with Crippen molar-refractivity contribution in [2.45, 2.75) is 6.42 Å². The van der Waals surface area contributed by atoms with E-state index in [9.17, 15) is 9.18 Å². The van der Waals surface area contributed by atoms with E-state index in [-0.39, 0.29) is 18.3 Å². The third-order valence-electron chi connectivity index (χ3n) is 3.21. The fourth-order valence-corrected chi connectivity index (χ4v) is 1.98. The Morgan fingerprint density at radius 3 is 2.55 bits per heavy atom. The molecule has 2 N–H and O–H groups in total. The van der Waals surface area contributed by atoms with Crippen molar-refractivity contribution in [2.24, 2.45) is 0 Å². The average molecular weight is 302 g/mol. The lowest BCUT2D eigenvalue weighted by atomic mass is 10.1. The van der Waals surface area contributed by atoms with Gasteiger partial charge in [-0.05, 0) is 36.2 Å². The molecular formula is C17H19FN2O2. The number of para-hydroxylation sites is 1. The highest BCUT2D eigenvalue weighted by Crippen LogP contribution is 2.12. The summed E-state index contributed by atoms with van der Waals surface area (Å²) in [5, 5.41) is 5.57. The molecule has 0 aliphatic carbocycles. The van der Waals surface area contributed by atoms with Crippen LogP contribution in [0.2, 0.25) is 0 Å². The van der Waals surface area contributed by atoms with Crippen LogP contribution in [0.5, 0.6) is 5.75 Å². The Bertz CT molecular complexity index is 614. The number of methoxy groups -OCH3 is 1. The molecule has 0 fully saturated rings. The molecule has 2 rings (SSSR count). The lowest BCUT2D eigenvalue weighted by Gasteiger charge is -2.08. The minimum absolute atomic E-state index is 0.0452. The molecule has 0 aromatic heterocycles. The van der Waals surface area contributed by atoms with Crippen LogP contribution in [-0.2, 0) is 11.2 Å². The van der Waals surface area contributed by atoms with E-state index in [0.29, 0.717) is 12.2 Å². The second-order valence-corrected chi connectivity index (χ2v) is 4.78. The van der Waals surface area contributed by atoms with Crippen molar-refractivity contribution in [1.82, 2.24) is 5.32 Å². The van der Waals surface area contributed by atoms with E-state index < -0.39 is 0 Å². The van der Waals surface area contributed by atoms with Crippen molar-refractivity contribution in [3.63, 3.8) is 0 Å². The molecule has 0 aliphatic heterocycles. The molecule has 0 heterocycles. The third kappa shape index (κ3) is 4.77. The summed E-state index contributed by atoms with van der Waals surface area (Å²) in [5.74, 6) is 0.271. The van der Waals surface area contributed by atoms with Crippen LogP contribution in [0.15, 0.2) is 48.5 Å². The van der Waals surface area contributed by atoms with Gasteiger partial charge in [0.1, 0.15) is 11.6 Å². The van der Waals surface area contributed by atoms with Gasteiger partial charge in [-0.3, -0.25) is 4.79 Å². The van der Waals surface area contributed by atoms with E-state index in [4.69, 9.17) is 4.74 Å². The van der Waals surface area contributed by atoms with Crippen LogP contribution in [0.3, 0.4) is 0 Å². The highest BCUT2D eigenvalue weighted by atomic mass is 19.1. The Labute approximate surface area is 129 Å². The Balaban J connectivity index is 1.70. The van der Waals surface area contributed by atoms with Crippen molar-refractivity contribution in [3.05, 3.63) is 59.9 Å². The van der Waals surface area contributed by atoms with E-state index in [2.05, 4.69) is 10.6 Å². The predicted octanol–water partition coefficient (Wildman–Crippen LogP) is 2.61. The minimum atomic E-state index is -0.367. The largest absolute Gasteiger partial charge is 0.497 e. The van der Waals surface area contributed by atoms with Crippen LogP contribution in [0.25, 0.3) is 0 Å². The average Bonchev–Trinajstić information content (AvgIpc) is 2.55. The first-order chi connectivity index (χ1) is 10.7. The Morgan fingerprint density at radius 2 is 1.86 bits per heavy atom. The number of nitrogens with one attached hydrogen (secondary N) is 2. The first kappa shape index (κ1) is 15.8. The number of anilines is 1. The van der Waals surface area contributed by atoms with Gasteiger partial charge in [-0.1, -0.05) is 24.3 Å². The molecule has 0 atom stereocenters. The fourth-order valence-electron chi connectivity index (χ4n) is 1.98. The first-order valence-corrected chi connectivity index (χ1v) is 7.07. The molecule has 0 aliphatic rings. The summed E-state index contributed by atoms with van der Waals surface area (Å²) in [5.41, 5.74) is 1.44. The summed E-state index contributed by atoms with van der Waals surface area (Å²) in [7, 11) is 1.62. The van der Waals surface area contributed by atoms with Crippen LogP contribution in [0.1, 0.15) is 5.56 Å². The molecule has 0 radical (unpaired) electrons. The molecule has 2 aromatic carbocycles. The van der Waals surface area contributed by atoms with Crippen molar-refractivity contribution in [3.8, 4) is 5.75 Å². The number of hydrogen-bond donors (Lipinski definition) is 2. The zero-order valence-corrected chi connectivity index (χ0v) is 12.4. The van der Waals surface area contributed by atoms with Crippen molar-refractivity contribution < 1.29 is 13.9 Å². The predicted molar refractivity (Wildman–Crippen MR) is 84.6 cm³/mol. The summed E-state index contributed by atoms with van der Waals surface area (Å²) in [4.78, 5) is 11.7. The van der Waals surface area contributed by atoms with Crippen LogP contribution >= 0.6 is 0 Å². The van der Waals surface area contributed by atoms with Crippen molar-refractivity contribution >= 4 is 11.6 Å². The lowest BCUT2D eigenvalue weighted by molar-refractivity contribution is -0.119. The van der Waals surface area contributed by atoms with Crippen LogP contribution < -0.4 is 15.4 Å². The van der Waals surface area contributed by atoms with Crippen molar-refractivity contribution in [1.29, 1.82) is 0 Å². The van der Waals surface area contributed by atoms with Gasteiger partial charge in [0.15, 0.2) is 0 Å². The SMILES string of the molecule is COc1ccc(CCNC(=O)CNc2ccccc2F)cc1. The molecule has 0 saturated carbocycles. The molecule has 116 valence electrons. The fraction of sp³-hybridized carbons (Fsp3) is 0.235. The van der Waals surface area contributed by atoms with Gasteiger partial charge in [0.05, 0.1) is 19.3 Å². The number of rotatable bonds is 7. The standard InChI is InChI=1S/C17H19FN2O2/c1-22-14-8-6-13(7-9-14)10-11-19-17(21)12-20-16-5-3-2-4-15(16)18/h2-9,20H,10-12H2,1H3,(H,19,21). The molecule has 0 bridgehead atoms. The maximum Gasteiger partial charge on any atom is 0.239 e. The molecule has 0 saturated heterocycles. The smallest absolute Gasteiger partial charge is 0.239 e. The van der Waals surface area contributed by atoms with E-state index >= 15 is 0 Å². The van der Waals surface area contributed by atoms with Gasteiger partial charge >= 0.3 is 0 Å². The third-order valence-corrected chi connectivity index (χ3v) is 3.21. The molecule has 0 spiro atoms. The molecule has 1 amide bonds. The van der Waals surface area contributed by atoms with Gasteiger partial charge in [-0.25, -0.2) is 4.39 Å². The topological polar surface area (TPSA) is 50.4 Å². The second-order valence-electron chi connectivity index (χ2n) is 4.78. The summed E-state index contributed by atoms with van der Waals surface area (Å²) >= 11 is 0. The van der Waals surface area contributed by atoms with Gasteiger partial charge in [0.25, 0.3) is 0 Å². The number of amides is 1. The first-order valence-electron chi connectivity index (χ1n) is 7.07. The van der Waals surface area contributed by atoms with E-state index in [0.717, 1.165) is 17.7 Å². The highest BCUT2D eigenvalue weighted by molar-refractivity contribution is 5.80. The molecule has 22 heavy (non-hydrogen) atoms. The Kier molecular flexibility index (Phi) is 5.77. The number of carbonyl (C=O) groups is 1. The van der Waals surface area contributed by atoms with Crippen LogP contribution in [0.4, 0.5) is 10.1 Å². The molecule has 4 nitrogen and oxygen atoms in total. The zero-order chi connectivity index (χ0) is 15.8. The number of ether oxygens (including phenoxy) is 1. The van der Waals surface area contributed by atoms with E-state index in [1.165, 1.54) is 6.07 Å². The Hall–Kier alpha value is -2.56. The zero-order valence-electron chi connectivity index (χ0n) is 12.4. The molecular weight excluding hydrogens is 283 g/mol. The van der Waals surface area contributed by atoms with Gasteiger partial charge in [-0.15, -0.1) is 0 Å². The van der Waals surface area contributed by atoms with Crippen molar-refractivity contribution in [2.75, 3.05) is 25.5 Å². The van der Waals surface area contributed by atoms with Crippen LogP contribution in [-0.4, -0.2) is 26.1 Å². The lowest BCUT2D eigenvalue weighted by Crippen LogP contribution is -2.31. The normalized spacial score (nSPS) is 10.1. The Morgan fingerprint density at radius 1 is 1.14 bits per heavy atom. The summed E-state index contributed by atoms with van der Waals surface area (Å²) in [6.07, 6.45) is 0.732. The molecule has 2 aromatic rings. The number of carbonyl (C=O) groups excluding carboxylic acids is 1. The molecule has 5 heteroatoms. The number of hydrogen-bond acceptors (Lipinski definition) is 3. The molecule has 0 unspecified atom stereocenters. The van der Waals surface area contributed by atoms with Gasteiger partial charge in [-0.2, -0.15) is 0 Å². The van der Waals surface area contributed by atoms with Gasteiger partial charge in [0.2, 0.25) is 5.91 Å². The summed E-state index contributed by atoms with van der Waals surface area (Å²) in [6, 6.07) is 14.0. The van der Waals surface area contributed by atoms with Gasteiger partial charge < -0.3 is 15.4 Å².